The summed E-state index contributed by atoms with van der Waals surface area (Å²) in [5, 5.41) is 3.72. The monoisotopic (exact) mass is 478 g/mol. The molecule has 0 spiro atoms. The van der Waals surface area contributed by atoms with Gasteiger partial charge < -0.3 is 25.3 Å². The van der Waals surface area contributed by atoms with Crippen LogP contribution in [-0.4, -0.2) is 56.2 Å². The van der Waals surface area contributed by atoms with E-state index in [2.05, 4.69) is 50.6 Å². The zero-order valence-corrected chi connectivity index (χ0v) is 20.3. The van der Waals surface area contributed by atoms with E-state index in [1.54, 1.807) is 6.33 Å². The number of benzene rings is 1. The highest BCUT2D eigenvalue weighted by Crippen LogP contribution is 2.44. The molecule has 9 nitrogen and oxygen atoms in total. The molecule has 35 heavy (non-hydrogen) atoms. The Hall–Kier alpha value is -2.59. The van der Waals surface area contributed by atoms with Crippen molar-refractivity contribution < 1.29 is 14.2 Å². The minimum atomic E-state index is -0.666. The summed E-state index contributed by atoms with van der Waals surface area (Å²) in [7, 11) is 0. The lowest BCUT2D eigenvalue weighted by Gasteiger charge is -2.37. The van der Waals surface area contributed by atoms with Crippen LogP contribution in [0.2, 0.25) is 0 Å². The van der Waals surface area contributed by atoms with Gasteiger partial charge in [0.2, 0.25) is 0 Å². The first-order chi connectivity index (χ1) is 17.0. The van der Waals surface area contributed by atoms with E-state index in [-0.39, 0.29) is 24.5 Å². The lowest BCUT2D eigenvalue weighted by Crippen LogP contribution is -2.46. The van der Waals surface area contributed by atoms with Crippen LogP contribution in [0.1, 0.15) is 51.3 Å². The third-order valence-electron chi connectivity index (χ3n) is 7.55. The highest BCUT2D eigenvalue weighted by atomic mass is 16.8. The molecular formula is C26H34N6O3. The lowest BCUT2D eigenvalue weighted by atomic mass is 9.77. The fourth-order valence-electron chi connectivity index (χ4n) is 5.76. The molecule has 3 aromatic rings. The number of rotatable bonds is 8. The number of hydrogen-bond acceptors (Lipinski definition) is 8. The number of imidazole rings is 1. The van der Waals surface area contributed by atoms with E-state index in [4.69, 9.17) is 19.9 Å². The van der Waals surface area contributed by atoms with Gasteiger partial charge in [-0.1, -0.05) is 36.8 Å². The Kier molecular flexibility index (Phi) is 5.96. The Labute approximate surface area is 205 Å². The molecule has 1 aromatic carbocycles. The average Bonchev–Trinajstić information content (AvgIpc) is 3.47. The van der Waals surface area contributed by atoms with Crippen molar-refractivity contribution in [3.8, 4) is 0 Å². The standard InChI is InChI=1S/C26H34N6O3/c1-26(2)34-21-19(13-28-18-11-17(12-18)10-6-9-16-7-4-3-5-8-16)33-25(22(21)35-26)32-15-31-20-23(27)29-14-30-24(20)32/h3-5,7-8,14-15,17-19,21-22,25,28H,6,9-13H2,1-2H3,(H2,27,29,30)/t17?,18?,19-,21-,22-,25-/m1/s1. The van der Waals surface area contributed by atoms with Gasteiger partial charge in [-0.2, -0.15) is 0 Å². The smallest absolute Gasteiger partial charge is 0.167 e. The predicted octanol–water partition coefficient (Wildman–Crippen LogP) is 3.22. The van der Waals surface area contributed by atoms with E-state index in [1.807, 2.05) is 18.4 Å². The summed E-state index contributed by atoms with van der Waals surface area (Å²) < 4.78 is 20.9. The first kappa shape index (κ1) is 22.8. The number of nitrogen functional groups attached to an aromatic ring is 1. The van der Waals surface area contributed by atoms with Gasteiger partial charge in [0.25, 0.3) is 0 Å². The molecule has 4 heterocycles. The van der Waals surface area contributed by atoms with Gasteiger partial charge in [0.1, 0.15) is 30.2 Å². The van der Waals surface area contributed by atoms with Crippen molar-refractivity contribution in [2.45, 2.75) is 82.3 Å². The summed E-state index contributed by atoms with van der Waals surface area (Å²) in [5.74, 6) is 0.503. The summed E-state index contributed by atoms with van der Waals surface area (Å²) in [6.07, 6.45) is 8.39. The van der Waals surface area contributed by atoms with Crippen LogP contribution in [0, 0.1) is 5.92 Å². The van der Waals surface area contributed by atoms with Gasteiger partial charge in [0.05, 0.1) is 6.33 Å². The Morgan fingerprint density at radius 1 is 1.09 bits per heavy atom. The molecule has 6 rings (SSSR count). The number of anilines is 1. The summed E-state index contributed by atoms with van der Waals surface area (Å²) >= 11 is 0. The molecule has 2 aliphatic heterocycles. The number of hydrogen-bond donors (Lipinski definition) is 2. The largest absolute Gasteiger partial charge is 0.382 e. The van der Waals surface area contributed by atoms with Crippen LogP contribution in [0.15, 0.2) is 43.0 Å². The van der Waals surface area contributed by atoms with Crippen molar-refractivity contribution in [3.05, 3.63) is 48.5 Å². The summed E-state index contributed by atoms with van der Waals surface area (Å²) in [6.45, 7) is 4.62. The summed E-state index contributed by atoms with van der Waals surface area (Å²) in [6, 6.07) is 11.3. The second-order valence-electron chi connectivity index (χ2n) is 10.5. The maximum atomic E-state index is 6.48. The van der Waals surface area contributed by atoms with Crippen LogP contribution in [0.4, 0.5) is 5.82 Å². The van der Waals surface area contributed by atoms with Gasteiger partial charge in [-0.05, 0) is 51.0 Å². The highest BCUT2D eigenvalue weighted by Gasteiger charge is 2.56. The van der Waals surface area contributed by atoms with E-state index in [1.165, 1.54) is 44.0 Å². The zero-order chi connectivity index (χ0) is 24.0. The van der Waals surface area contributed by atoms with E-state index in [9.17, 15) is 0 Å². The number of nitrogens with two attached hydrogens (primary N) is 1. The summed E-state index contributed by atoms with van der Waals surface area (Å²) in [4.78, 5) is 12.8. The Balaban J connectivity index is 1.05. The van der Waals surface area contributed by atoms with Crippen molar-refractivity contribution in [2.24, 2.45) is 5.92 Å². The van der Waals surface area contributed by atoms with E-state index < -0.39 is 5.79 Å². The van der Waals surface area contributed by atoms with Crippen LogP contribution in [0.3, 0.4) is 0 Å². The third-order valence-corrected chi connectivity index (χ3v) is 7.55. The third kappa shape index (κ3) is 4.53. The maximum absolute atomic E-state index is 6.48. The van der Waals surface area contributed by atoms with Crippen LogP contribution >= 0.6 is 0 Å². The number of aryl methyl sites for hydroxylation is 1. The summed E-state index contributed by atoms with van der Waals surface area (Å²) in [5.41, 5.74) is 8.63. The molecule has 0 unspecified atom stereocenters. The molecule has 2 saturated heterocycles. The molecule has 0 amide bonds. The van der Waals surface area contributed by atoms with E-state index >= 15 is 0 Å². The average molecular weight is 479 g/mol. The Bertz CT molecular complexity index is 1160. The van der Waals surface area contributed by atoms with Gasteiger partial charge in [0, 0.05) is 12.6 Å². The molecule has 1 aliphatic carbocycles. The fourth-order valence-corrected chi connectivity index (χ4v) is 5.76. The first-order valence-electron chi connectivity index (χ1n) is 12.7. The minimum Gasteiger partial charge on any atom is -0.382 e. The second kappa shape index (κ2) is 9.13. The maximum Gasteiger partial charge on any atom is 0.167 e. The minimum absolute atomic E-state index is 0.125. The van der Waals surface area contributed by atoms with Gasteiger partial charge in [-0.3, -0.25) is 4.57 Å². The normalized spacial score (nSPS) is 31.5. The second-order valence-corrected chi connectivity index (χ2v) is 10.5. The Morgan fingerprint density at radius 3 is 2.71 bits per heavy atom. The number of nitrogens with zero attached hydrogens (tertiary/aromatic N) is 4. The number of nitrogens with one attached hydrogen (secondary N) is 1. The lowest BCUT2D eigenvalue weighted by molar-refractivity contribution is -0.196. The molecule has 4 atom stereocenters. The molecule has 3 fully saturated rings. The van der Waals surface area contributed by atoms with Gasteiger partial charge in [0.15, 0.2) is 23.5 Å². The van der Waals surface area contributed by atoms with Crippen LogP contribution in [0.5, 0.6) is 0 Å². The van der Waals surface area contributed by atoms with Crippen molar-refractivity contribution in [3.63, 3.8) is 0 Å². The van der Waals surface area contributed by atoms with Gasteiger partial charge in [-0.25, -0.2) is 15.0 Å². The van der Waals surface area contributed by atoms with Crippen molar-refractivity contribution in [2.75, 3.05) is 12.3 Å². The number of aromatic nitrogens is 4. The number of ether oxygens (including phenoxy) is 3. The Morgan fingerprint density at radius 2 is 1.89 bits per heavy atom. The molecule has 0 radical (unpaired) electrons. The molecule has 3 aliphatic rings. The van der Waals surface area contributed by atoms with E-state index in [0.717, 1.165) is 12.5 Å². The first-order valence-corrected chi connectivity index (χ1v) is 12.7. The quantitative estimate of drug-likeness (QED) is 0.508. The van der Waals surface area contributed by atoms with Gasteiger partial charge >= 0.3 is 0 Å². The molecule has 2 aromatic heterocycles. The van der Waals surface area contributed by atoms with Crippen LogP contribution in [-0.2, 0) is 20.6 Å². The van der Waals surface area contributed by atoms with Crippen molar-refractivity contribution in [1.29, 1.82) is 0 Å². The fraction of sp³-hybridized carbons (Fsp3) is 0.577. The zero-order valence-electron chi connectivity index (χ0n) is 20.3. The van der Waals surface area contributed by atoms with Crippen LogP contribution < -0.4 is 11.1 Å². The van der Waals surface area contributed by atoms with Gasteiger partial charge in [-0.15, -0.1) is 0 Å². The highest BCUT2D eigenvalue weighted by molar-refractivity contribution is 5.81. The molecule has 9 heteroatoms. The van der Waals surface area contributed by atoms with Crippen molar-refractivity contribution in [1.82, 2.24) is 24.8 Å². The molecule has 0 bridgehead atoms. The van der Waals surface area contributed by atoms with Crippen molar-refractivity contribution >= 4 is 17.0 Å². The molecule has 1 saturated carbocycles. The van der Waals surface area contributed by atoms with E-state index in [0.29, 0.717) is 23.0 Å². The molecular weight excluding hydrogens is 444 g/mol. The predicted molar refractivity (Wildman–Crippen MR) is 131 cm³/mol. The molecule has 3 N–H and O–H groups in total. The topological polar surface area (TPSA) is 109 Å². The number of fused-ring (bicyclic) bond motifs is 2. The molecule has 186 valence electrons. The van der Waals surface area contributed by atoms with Crippen LogP contribution in [0.25, 0.3) is 11.2 Å². The SMILES string of the molecule is CC1(C)O[C@@H]2[C@H](O1)[C@@H](CNC1CC(CCCc3ccccc3)C1)O[C@H]2n1cnc2c(N)ncnc21.